The number of hydrazine groups is 1. The van der Waals surface area contributed by atoms with E-state index < -0.39 is 5.91 Å². The molecule has 0 aliphatic heterocycles. The van der Waals surface area contributed by atoms with Gasteiger partial charge in [0.15, 0.2) is 4.77 Å². The fraction of sp³-hybridized carbons (Fsp3) is 0. The van der Waals surface area contributed by atoms with Crippen molar-refractivity contribution in [3.05, 3.63) is 10.5 Å². The van der Waals surface area contributed by atoms with Crippen LogP contribution < -0.4 is 17.0 Å². The summed E-state index contributed by atoms with van der Waals surface area (Å²) in [6.45, 7) is 0. The van der Waals surface area contributed by atoms with Gasteiger partial charge in [-0.3, -0.25) is 4.79 Å². The molecule has 0 saturated heterocycles. The maximum Gasteiger partial charge on any atom is 0.269 e. The Hall–Kier alpha value is -1.05. The number of hydrogen-bond donors (Lipinski definition) is 5. The number of H-pyrrole nitrogens is 2. The molecule has 0 aromatic carbocycles. The zero-order valence-electron chi connectivity index (χ0n) is 5.88. The molecule has 0 atom stereocenters. The SMILES string of the molecule is Cl.NNc1[nH]c(=S)[nH]c1C(N)=O. The molecule has 0 unspecified atom stereocenters. The lowest BCUT2D eigenvalue weighted by Crippen LogP contribution is -2.17. The highest BCUT2D eigenvalue weighted by Gasteiger charge is 2.08. The zero-order valence-corrected chi connectivity index (χ0v) is 7.51. The van der Waals surface area contributed by atoms with Crippen LogP contribution in [0.15, 0.2) is 0 Å². The molecule has 1 aromatic rings. The average molecular weight is 210 g/mol. The zero-order chi connectivity index (χ0) is 8.43. The highest BCUT2D eigenvalue weighted by molar-refractivity contribution is 7.71. The molecular weight excluding hydrogens is 202 g/mol. The van der Waals surface area contributed by atoms with Crippen molar-refractivity contribution >= 4 is 36.3 Å². The summed E-state index contributed by atoms with van der Waals surface area (Å²) in [5.74, 6) is 4.72. The van der Waals surface area contributed by atoms with Gasteiger partial charge in [0.05, 0.1) is 0 Å². The van der Waals surface area contributed by atoms with Crippen molar-refractivity contribution < 1.29 is 4.79 Å². The Balaban J connectivity index is 0.00000121. The van der Waals surface area contributed by atoms with Crippen LogP contribution in [0, 0.1) is 4.77 Å². The van der Waals surface area contributed by atoms with Crippen molar-refractivity contribution in [2.75, 3.05) is 5.43 Å². The standard InChI is InChI=1S/C4H7N5OS.ClH/c5-2(10)1-3(9-6)8-4(11)7-1;/h9H,6H2,(H2,5,10)(H2,7,8,11);1H. The van der Waals surface area contributed by atoms with Gasteiger partial charge in [0.1, 0.15) is 11.5 Å². The summed E-state index contributed by atoms with van der Waals surface area (Å²) in [7, 11) is 0. The highest BCUT2D eigenvalue weighted by Crippen LogP contribution is 2.06. The van der Waals surface area contributed by atoms with Gasteiger partial charge < -0.3 is 21.1 Å². The first-order chi connectivity index (χ1) is 5.15. The molecule has 0 spiro atoms. The van der Waals surface area contributed by atoms with Crippen molar-refractivity contribution in [2.45, 2.75) is 0 Å². The molecule has 0 saturated carbocycles. The molecule has 0 aliphatic carbocycles. The van der Waals surface area contributed by atoms with E-state index in [1.807, 2.05) is 0 Å². The predicted molar refractivity (Wildman–Crippen MR) is 49.6 cm³/mol. The van der Waals surface area contributed by atoms with E-state index in [9.17, 15) is 4.79 Å². The molecule has 0 radical (unpaired) electrons. The maximum absolute atomic E-state index is 10.6. The monoisotopic (exact) mass is 209 g/mol. The van der Waals surface area contributed by atoms with E-state index in [0.29, 0.717) is 10.6 Å². The molecule has 7 N–H and O–H groups in total. The number of primary amides is 1. The summed E-state index contributed by atoms with van der Waals surface area (Å²) >= 11 is 4.69. The van der Waals surface area contributed by atoms with Gasteiger partial charge >= 0.3 is 0 Å². The lowest BCUT2D eigenvalue weighted by Gasteiger charge is -1.95. The third-order valence-corrected chi connectivity index (χ3v) is 1.32. The molecule has 68 valence electrons. The maximum atomic E-state index is 10.6. The van der Waals surface area contributed by atoms with Gasteiger partial charge in [-0.2, -0.15) is 0 Å². The van der Waals surface area contributed by atoms with Gasteiger partial charge in [-0.25, -0.2) is 5.84 Å². The number of nitrogens with two attached hydrogens (primary N) is 2. The minimum absolute atomic E-state index is 0. The predicted octanol–water partition coefficient (Wildman–Crippen LogP) is -0.121. The molecule has 0 aliphatic rings. The lowest BCUT2D eigenvalue weighted by molar-refractivity contribution is 0.0997. The molecule has 12 heavy (non-hydrogen) atoms. The van der Waals surface area contributed by atoms with Gasteiger partial charge in [-0.1, -0.05) is 0 Å². The van der Waals surface area contributed by atoms with Crippen LogP contribution in [-0.2, 0) is 0 Å². The number of anilines is 1. The van der Waals surface area contributed by atoms with Crippen LogP contribution in [0.4, 0.5) is 5.82 Å². The van der Waals surface area contributed by atoms with Crippen LogP contribution in [0.2, 0.25) is 0 Å². The molecule has 1 rings (SSSR count). The minimum atomic E-state index is -0.620. The van der Waals surface area contributed by atoms with Crippen molar-refractivity contribution in [3.8, 4) is 0 Å². The number of imidazole rings is 1. The van der Waals surface area contributed by atoms with Crippen LogP contribution >= 0.6 is 24.6 Å². The van der Waals surface area contributed by atoms with Gasteiger partial charge in [-0.05, 0) is 12.2 Å². The van der Waals surface area contributed by atoms with Gasteiger partial charge in [0, 0.05) is 0 Å². The largest absolute Gasteiger partial charge is 0.364 e. The summed E-state index contributed by atoms with van der Waals surface area (Å²) < 4.78 is 0.298. The van der Waals surface area contributed by atoms with Crippen molar-refractivity contribution in [1.82, 2.24) is 9.97 Å². The Morgan fingerprint density at radius 3 is 2.42 bits per heavy atom. The van der Waals surface area contributed by atoms with E-state index in [1.165, 1.54) is 0 Å². The number of hydrogen-bond acceptors (Lipinski definition) is 4. The van der Waals surface area contributed by atoms with Crippen molar-refractivity contribution in [1.29, 1.82) is 0 Å². The van der Waals surface area contributed by atoms with Gasteiger partial charge in [0.2, 0.25) is 0 Å². The first-order valence-electron chi connectivity index (χ1n) is 2.74. The highest BCUT2D eigenvalue weighted by atomic mass is 35.5. The van der Waals surface area contributed by atoms with Crippen LogP contribution in [0.25, 0.3) is 0 Å². The fourth-order valence-electron chi connectivity index (χ4n) is 0.676. The average Bonchev–Trinajstić information content (AvgIpc) is 2.30. The number of aromatic amines is 2. The number of nitrogen functional groups attached to an aromatic ring is 1. The third-order valence-electron chi connectivity index (χ3n) is 1.12. The third kappa shape index (κ3) is 1.97. The summed E-state index contributed by atoms with van der Waals surface area (Å²) in [4.78, 5) is 15.8. The quantitative estimate of drug-likeness (QED) is 0.266. The number of carbonyl (C=O) groups is 1. The second-order valence-corrected chi connectivity index (χ2v) is 2.25. The van der Waals surface area contributed by atoms with Gasteiger partial charge in [0.25, 0.3) is 5.91 Å². The van der Waals surface area contributed by atoms with E-state index in [0.717, 1.165) is 0 Å². The summed E-state index contributed by atoms with van der Waals surface area (Å²) in [5.41, 5.74) is 7.37. The molecule has 6 nitrogen and oxygen atoms in total. The van der Waals surface area contributed by atoms with E-state index in [2.05, 4.69) is 15.4 Å². The first kappa shape index (κ1) is 11.0. The van der Waals surface area contributed by atoms with Crippen LogP contribution in [0.5, 0.6) is 0 Å². The smallest absolute Gasteiger partial charge is 0.269 e. The Morgan fingerprint density at radius 2 is 2.08 bits per heavy atom. The Morgan fingerprint density at radius 1 is 1.50 bits per heavy atom. The molecule has 1 aromatic heterocycles. The lowest BCUT2D eigenvalue weighted by atomic mass is 10.4. The number of carbonyl (C=O) groups excluding carboxylic acids is 1. The fourth-order valence-corrected chi connectivity index (χ4v) is 0.880. The number of aromatic nitrogens is 2. The molecule has 1 heterocycles. The Bertz CT molecular complexity index is 330. The molecule has 8 heteroatoms. The second kappa shape index (κ2) is 4.10. The normalized spacial score (nSPS) is 8.75. The Labute approximate surface area is 79.1 Å². The van der Waals surface area contributed by atoms with E-state index >= 15 is 0 Å². The summed E-state index contributed by atoms with van der Waals surface area (Å²) in [5, 5.41) is 0. The van der Waals surface area contributed by atoms with Crippen molar-refractivity contribution in [3.63, 3.8) is 0 Å². The molecular formula is C4H8ClN5OS. The number of halogens is 1. The minimum Gasteiger partial charge on any atom is -0.364 e. The van der Waals surface area contributed by atoms with Crippen molar-refractivity contribution in [2.24, 2.45) is 11.6 Å². The molecule has 0 fully saturated rings. The molecule has 0 bridgehead atoms. The Kier molecular flexibility index (Phi) is 3.74. The second-order valence-electron chi connectivity index (χ2n) is 1.84. The van der Waals surface area contributed by atoms with Crippen LogP contribution in [0.3, 0.4) is 0 Å². The number of nitrogens with one attached hydrogen (secondary N) is 3. The van der Waals surface area contributed by atoms with Gasteiger partial charge in [-0.15, -0.1) is 12.4 Å². The van der Waals surface area contributed by atoms with Crippen LogP contribution in [0.1, 0.15) is 10.5 Å². The summed E-state index contributed by atoms with van der Waals surface area (Å²) in [6, 6.07) is 0. The molecule has 1 amide bonds. The van der Waals surface area contributed by atoms with E-state index in [1.54, 1.807) is 0 Å². The van der Waals surface area contributed by atoms with E-state index in [-0.39, 0.29) is 18.1 Å². The van der Waals surface area contributed by atoms with E-state index in [4.69, 9.17) is 23.8 Å². The van der Waals surface area contributed by atoms with Crippen LogP contribution in [-0.4, -0.2) is 15.9 Å². The topological polar surface area (TPSA) is 113 Å². The first-order valence-corrected chi connectivity index (χ1v) is 3.14. The number of amides is 1. The number of rotatable bonds is 2. The summed E-state index contributed by atoms with van der Waals surface area (Å²) in [6.07, 6.45) is 0.